The summed E-state index contributed by atoms with van der Waals surface area (Å²) in [5, 5.41) is 3.46. The number of rotatable bonds is 3. The summed E-state index contributed by atoms with van der Waals surface area (Å²) >= 11 is 0. The fraction of sp³-hybridized carbons (Fsp3) is 0.625. The number of hydrogen-bond donors (Lipinski definition) is 1. The third-order valence-electron chi connectivity index (χ3n) is 4.37. The first-order valence-electron chi connectivity index (χ1n) is 7.27. The van der Waals surface area contributed by atoms with Gasteiger partial charge >= 0.3 is 0 Å². The summed E-state index contributed by atoms with van der Waals surface area (Å²) in [5.41, 5.74) is 4.45. The molecule has 0 amide bonds. The van der Waals surface area contributed by atoms with Crippen LogP contribution in [0.4, 0.5) is 0 Å². The van der Waals surface area contributed by atoms with E-state index in [0.717, 1.165) is 19.0 Å². The molecule has 1 saturated heterocycles. The second kappa shape index (κ2) is 5.02. The van der Waals surface area contributed by atoms with Crippen molar-refractivity contribution in [3.63, 3.8) is 0 Å². The van der Waals surface area contributed by atoms with Crippen molar-refractivity contribution in [3.05, 3.63) is 34.9 Å². The first kappa shape index (κ1) is 12.2. The predicted molar refractivity (Wildman–Crippen MR) is 75.8 cm³/mol. The zero-order valence-electron chi connectivity index (χ0n) is 11.6. The van der Waals surface area contributed by atoms with Gasteiger partial charge in [0.25, 0.3) is 0 Å². The van der Waals surface area contributed by atoms with Crippen LogP contribution in [0.1, 0.15) is 35.6 Å². The average molecular weight is 244 g/mol. The van der Waals surface area contributed by atoms with Gasteiger partial charge in [-0.3, -0.25) is 4.90 Å². The van der Waals surface area contributed by atoms with Gasteiger partial charge in [-0.15, -0.1) is 0 Å². The molecule has 0 spiro atoms. The minimum atomic E-state index is 0.673. The summed E-state index contributed by atoms with van der Waals surface area (Å²) in [4.78, 5) is 2.70. The van der Waals surface area contributed by atoms with E-state index in [-0.39, 0.29) is 0 Å². The van der Waals surface area contributed by atoms with Crippen LogP contribution in [-0.2, 0) is 0 Å². The Morgan fingerprint density at radius 1 is 1.17 bits per heavy atom. The van der Waals surface area contributed by atoms with Crippen LogP contribution in [0.3, 0.4) is 0 Å². The average Bonchev–Trinajstić information content (AvgIpc) is 3.20. The minimum Gasteiger partial charge on any atom is -0.314 e. The van der Waals surface area contributed by atoms with Gasteiger partial charge in [-0.25, -0.2) is 0 Å². The number of aryl methyl sites for hydroxylation is 2. The molecule has 1 heterocycles. The predicted octanol–water partition coefficient (Wildman–Crippen LogP) is 2.66. The Labute approximate surface area is 110 Å². The number of nitrogens with one attached hydrogen (secondary N) is 1. The lowest BCUT2D eigenvalue weighted by molar-refractivity contribution is 0.155. The SMILES string of the molecule is Cc1ccc(C)c([C@@H](C2CC2)N2CCNCC2)c1. The van der Waals surface area contributed by atoms with Gasteiger partial charge in [-0.1, -0.05) is 23.8 Å². The van der Waals surface area contributed by atoms with E-state index in [1.807, 2.05) is 0 Å². The Kier molecular flexibility index (Phi) is 3.40. The van der Waals surface area contributed by atoms with E-state index >= 15 is 0 Å². The minimum absolute atomic E-state index is 0.673. The Hall–Kier alpha value is -0.860. The molecule has 2 nitrogen and oxygen atoms in total. The monoisotopic (exact) mass is 244 g/mol. The maximum Gasteiger partial charge on any atom is 0.0380 e. The zero-order valence-corrected chi connectivity index (χ0v) is 11.6. The van der Waals surface area contributed by atoms with Crippen LogP contribution in [0, 0.1) is 19.8 Å². The summed E-state index contributed by atoms with van der Waals surface area (Å²) < 4.78 is 0. The highest BCUT2D eigenvalue weighted by atomic mass is 15.2. The number of benzene rings is 1. The molecule has 2 heteroatoms. The quantitative estimate of drug-likeness (QED) is 0.879. The molecule has 1 N–H and O–H groups in total. The van der Waals surface area contributed by atoms with Crippen molar-refractivity contribution < 1.29 is 0 Å². The Morgan fingerprint density at radius 2 is 1.89 bits per heavy atom. The maximum atomic E-state index is 3.46. The van der Waals surface area contributed by atoms with Crippen LogP contribution in [0.5, 0.6) is 0 Å². The molecular formula is C16H24N2. The molecule has 1 aromatic carbocycles. The molecule has 1 aromatic rings. The van der Waals surface area contributed by atoms with Gasteiger partial charge in [0.2, 0.25) is 0 Å². The van der Waals surface area contributed by atoms with E-state index in [1.165, 1.54) is 37.1 Å². The maximum absolute atomic E-state index is 3.46. The zero-order chi connectivity index (χ0) is 12.5. The highest BCUT2D eigenvalue weighted by Crippen LogP contribution is 2.45. The van der Waals surface area contributed by atoms with Crippen molar-refractivity contribution >= 4 is 0 Å². The van der Waals surface area contributed by atoms with Gasteiger partial charge in [0, 0.05) is 32.2 Å². The second-order valence-corrected chi connectivity index (χ2v) is 5.93. The first-order valence-corrected chi connectivity index (χ1v) is 7.27. The molecule has 0 bridgehead atoms. The number of piperazine rings is 1. The van der Waals surface area contributed by atoms with Crippen molar-refractivity contribution in [3.8, 4) is 0 Å². The Morgan fingerprint density at radius 3 is 2.56 bits per heavy atom. The smallest absolute Gasteiger partial charge is 0.0380 e. The van der Waals surface area contributed by atoms with E-state index in [4.69, 9.17) is 0 Å². The lowest BCUT2D eigenvalue weighted by atomic mass is 9.94. The van der Waals surface area contributed by atoms with E-state index < -0.39 is 0 Å². The van der Waals surface area contributed by atoms with Crippen molar-refractivity contribution in [1.82, 2.24) is 10.2 Å². The van der Waals surface area contributed by atoms with Crippen molar-refractivity contribution in [1.29, 1.82) is 0 Å². The summed E-state index contributed by atoms with van der Waals surface area (Å²) in [6.07, 6.45) is 2.84. The molecule has 1 aliphatic heterocycles. The topological polar surface area (TPSA) is 15.3 Å². The first-order chi connectivity index (χ1) is 8.75. The van der Waals surface area contributed by atoms with E-state index in [1.54, 1.807) is 5.56 Å². The molecule has 3 rings (SSSR count). The highest BCUT2D eigenvalue weighted by Gasteiger charge is 2.37. The lowest BCUT2D eigenvalue weighted by Crippen LogP contribution is -2.45. The third kappa shape index (κ3) is 2.45. The Balaban J connectivity index is 1.90. The largest absolute Gasteiger partial charge is 0.314 e. The van der Waals surface area contributed by atoms with E-state index in [9.17, 15) is 0 Å². The summed E-state index contributed by atoms with van der Waals surface area (Å²) in [6, 6.07) is 7.62. The molecular weight excluding hydrogens is 220 g/mol. The molecule has 0 unspecified atom stereocenters. The lowest BCUT2D eigenvalue weighted by Gasteiger charge is -2.36. The summed E-state index contributed by atoms with van der Waals surface area (Å²) in [7, 11) is 0. The van der Waals surface area contributed by atoms with Gasteiger partial charge in [0.15, 0.2) is 0 Å². The van der Waals surface area contributed by atoms with Crippen LogP contribution in [0.25, 0.3) is 0 Å². The van der Waals surface area contributed by atoms with Crippen LogP contribution in [0.15, 0.2) is 18.2 Å². The molecule has 2 fully saturated rings. The fourth-order valence-electron chi connectivity index (χ4n) is 3.20. The molecule has 2 aliphatic rings. The van der Waals surface area contributed by atoms with Crippen LogP contribution in [-0.4, -0.2) is 31.1 Å². The van der Waals surface area contributed by atoms with Gasteiger partial charge in [0.05, 0.1) is 0 Å². The van der Waals surface area contributed by atoms with Crippen LogP contribution in [0.2, 0.25) is 0 Å². The molecule has 18 heavy (non-hydrogen) atoms. The normalized spacial score (nSPS) is 23.0. The molecule has 1 atom stereocenters. The van der Waals surface area contributed by atoms with Crippen LogP contribution >= 0.6 is 0 Å². The number of hydrogen-bond acceptors (Lipinski definition) is 2. The second-order valence-electron chi connectivity index (χ2n) is 5.93. The fourth-order valence-corrected chi connectivity index (χ4v) is 3.20. The summed E-state index contributed by atoms with van der Waals surface area (Å²) in [6.45, 7) is 9.18. The van der Waals surface area contributed by atoms with Crippen molar-refractivity contribution in [2.24, 2.45) is 5.92 Å². The van der Waals surface area contributed by atoms with Crippen LogP contribution < -0.4 is 5.32 Å². The molecule has 1 saturated carbocycles. The highest BCUT2D eigenvalue weighted by molar-refractivity contribution is 5.34. The molecule has 0 aromatic heterocycles. The standard InChI is InChI=1S/C16H24N2/c1-12-3-4-13(2)15(11-12)16(14-5-6-14)18-9-7-17-8-10-18/h3-4,11,14,16-17H,5-10H2,1-2H3/t16-/m1/s1. The third-order valence-corrected chi connectivity index (χ3v) is 4.37. The van der Waals surface area contributed by atoms with Gasteiger partial charge in [-0.05, 0) is 43.7 Å². The Bertz CT molecular complexity index is 417. The number of nitrogens with zero attached hydrogens (tertiary/aromatic N) is 1. The van der Waals surface area contributed by atoms with Gasteiger partial charge in [0.1, 0.15) is 0 Å². The molecule has 98 valence electrons. The summed E-state index contributed by atoms with van der Waals surface area (Å²) in [5.74, 6) is 0.906. The van der Waals surface area contributed by atoms with Gasteiger partial charge < -0.3 is 5.32 Å². The van der Waals surface area contributed by atoms with E-state index in [2.05, 4.69) is 42.3 Å². The van der Waals surface area contributed by atoms with E-state index in [0.29, 0.717) is 6.04 Å². The molecule has 0 radical (unpaired) electrons. The van der Waals surface area contributed by atoms with Crippen molar-refractivity contribution in [2.75, 3.05) is 26.2 Å². The van der Waals surface area contributed by atoms with Gasteiger partial charge in [-0.2, -0.15) is 0 Å². The molecule has 1 aliphatic carbocycles. The van der Waals surface area contributed by atoms with Crippen molar-refractivity contribution in [2.45, 2.75) is 32.7 Å².